The highest BCUT2D eigenvalue weighted by atomic mass is 16.7. The molecule has 0 aromatic heterocycles. The zero-order valence-electron chi connectivity index (χ0n) is 64.2. The van der Waals surface area contributed by atoms with Gasteiger partial charge >= 0.3 is 0 Å². The minimum absolute atomic E-state index is 0.204. The van der Waals surface area contributed by atoms with Crippen LogP contribution >= 0.6 is 0 Å². The molecule has 2 rings (SSSR count). The molecule has 2 fully saturated rings. The number of rotatable bonds is 71. The Labute approximate surface area is 612 Å². The first-order valence-electron chi connectivity index (χ1n) is 42.2. The van der Waals surface area contributed by atoms with Gasteiger partial charge in [0.05, 0.1) is 32.0 Å². The maximum atomic E-state index is 13.4. The molecule has 12 unspecified atom stereocenters. The first-order valence-corrected chi connectivity index (χ1v) is 42.2. The summed E-state index contributed by atoms with van der Waals surface area (Å²) in [5.41, 5.74) is 0. The molecular formula is C86H157NO13. The summed E-state index contributed by atoms with van der Waals surface area (Å²) in [5.74, 6) is -0.204. The molecule has 1 amide bonds. The lowest BCUT2D eigenvalue weighted by Crippen LogP contribution is -2.65. The van der Waals surface area contributed by atoms with Gasteiger partial charge < -0.3 is 65.1 Å². The number of allylic oxidation sites excluding steroid dienone is 12. The molecule has 0 radical (unpaired) electrons. The number of carbonyl (C=O) groups is 1. The van der Waals surface area contributed by atoms with E-state index in [9.17, 15) is 45.6 Å². The van der Waals surface area contributed by atoms with E-state index < -0.39 is 86.8 Å². The number of aliphatic hydroxyl groups excluding tert-OH is 8. The number of unbranched alkanes of at least 4 members (excludes halogenated alkanes) is 46. The van der Waals surface area contributed by atoms with Gasteiger partial charge in [0.2, 0.25) is 5.91 Å². The van der Waals surface area contributed by atoms with E-state index in [2.05, 4.69) is 92.1 Å². The third-order valence-corrected chi connectivity index (χ3v) is 20.4. The van der Waals surface area contributed by atoms with Crippen molar-refractivity contribution in [2.24, 2.45) is 0 Å². The highest BCUT2D eigenvalue weighted by Gasteiger charge is 2.51. The van der Waals surface area contributed by atoms with Gasteiger partial charge in [0, 0.05) is 6.42 Å². The van der Waals surface area contributed by atoms with Gasteiger partial charge in [-0.3, -0.25) is 4.79 Å². The average molecular weight is 1410 g/mol. The molecule has 0 aromatic rings. The minimum Gasteiger partial charge on any atom is -0.394 e. The zero-order chi connectivity index (χ0) is 72.2. The molecule has 12 atom stereocenters. The fraction of sp³-hybridized carbons (Fsp3) is 0.849. The van der Waals surface area contributed by atoms with Crippen LogP contribution in [0.3, 0.4) is 0 Å². The van der Waals surface area contributed by atoms with Gasteiger partial charge in [-0.25, -0.2) is 0 Å². The lowest BCUT2D eigenvalue weighted by Gasteiger charge is -2.46. The van der Waals surface area contributed by atoms with E-state index in [-0.39, 0.29) is 12.5 Å². The van der Waals surface area contributed by atoms with E-state index in [1.165, 1.54) is 257 Å². The molecule has 2 heterocycles. The highest BCUT2D eigenvalue weighted by molar-refractivity contribution is 5.76. The maximum absolute atomic E-state index is 13.4. The van der Waals surface area contributed by atoms with Gasteiger partial charge in [-0.1, -0.05) is 376 Å². The molecule has 14 heteroatoms. The van der Waals surface area contributed by atoms with Crippen molar-refractivity contribution in [3.05, 3.63) is 72.9 Å². The lowest BCUT2D eigenvalue weighted by molar-refractivity contribution is -0.359. The summed E-state index contributed by atoms with van der Waals surface area (Å²) in [5, 5.41) is 88.0. The molecule has 584 valence electrons. The molecule has 0 bridgehead atoms. The monoisotopic (exact) mass is 1410 g/mol. The summed E-state index contributed by atoms with van der Waals surface area (Å²) in [7, 11) is 0. The third kappa shape index (κ3) is 51.6. The molecule has 0 aliphatic carbocycles. The van der Waals surface area contributed by atoms with Crippen molar-refractivity contribution in [1.82, 2.24) is 5.32 Å². The van der Waals surface area contributed by atoms with Crippen LogP contribution in [0.25, 0.3) is 0 Å². The normalized spacial score (nSPS) is 22.2. The first-order chi connectivity index (χ1) is 49.1. The third-order valence-electron chi connectivity index (χ3n) is 20.4. The molecule has 2 saturated heterocycles. The number of amides is 1. The molecule has 9 N–H and O–H groups in total. The standard InChI is InChI=1S/C86H157NO13/c1-3-5-7-9-11-13-15-17-19-21-23-25-27-29-31-33-35-37-39-41-43-45-47-49-51-53-55-57-59-61-63-65-67-69-75(90)74(73-97-85-83(96)81(94)84(77(72-89)99-85)100-86-82(95)80(93)79(92)76(71-88)98-86)87-78(91)70-68-66-64-62-60-58-56-54-52-50-48-46-44-42-40-38-36-34-32-30-28-26-24-22-20-18-16-14-12-10-8-6-4-2/h6,8,12,14,18,20,24,26,30,32,36,38,74-77,79-86,88-90,92-96H,3-5,7,9-11,13,15-17,19,21-23,25,27-29,31,33-35,37,39-73H2,1-2H3,(H,87,91)/b8-6-,14-12-,20-18-,26-24-,32-30-,38-36-. The Morgan fingerprint density at radius 3 is 1.06 bits per heavy atom. The van der Waals surface area contributed by atoms with Crippen LogP contribution in [0.1, 0.15) is 373 Å². The lowest BCUT2D eigenvalue weighted by atomic mass is 9.97. The average Bonchev–Trinajstić information content (AvgIpc) is 0.791. The second kappa shape index (κ2) is 69.5. The van der Waals surface area contributed by atoms with E-state index in [4.69, 9.17) is 18.9 Å². The molecule has 2 aliphatic heterocycles. The van der Waals surface area contributed by atoms with Crippen molar-refractivity contribution in [2.75, 3.05) is 19.8 Å². The second-order valence-corrected chi connectivity index (χ2v) is 29.6. The van der Waals surface area contributed by atoms with Gasteiger partial charge in [0.1, 0.15) is 48.8 Å². The summed E-state index contributed by atoms with van der Waals surface area (Å²) in [6, 6.07) is -0.835. The molecule has 0 spiro atoms. The van der Waals surface area contributed by atoms with Crippen molar-refractivity contribution in [3.63, 3.8) is 0 Å². The number of carbonyl (C=O) groups excluding carboxylic acids is 1. The zero-order valence-corrected chi connectivity index (χ0v) is 64.2. The van der Waals surface area contributed by atoms with Crippen LogP contribution in [0.5, 0.6) is 0 Å². The molecule has 100 heavy (non-hydrogen) atoms. The van der Waals surface area contributed by atoms with Gasteiger partial charge in [-0.15, -0.1) is 0 Å². The van der Waals surface area contributed by atoms with E-state index in [0.717, 1.165) is 89.9 Å². The van der Waals surface area contributed by atoms with Crippen LogP contribution in [0.2, 0.25) is 0 Å². The maximum Gasteiger partial charge on any atom is 0.220 e. The van der Waals surface area contributed by atoms with E-state index >= 15 is 0 Å². The Morgan fingerprint density at radius 1 is 0.370 bits per heavy atom. The van der Waals surface area contributed by atoms with Crippen molar-refractivity contribution >= 4 is 5.91 Å². The number of hydrogen-bond donors (Lipinski definition) is 9. The van der Waals surface area contributed by atoms with Gasteiger partial charge in [0.15, 0.2) is 12.6 Å². The molecule has 2 aliphatic rings. The van der Waals surface area contributed by atoms with Crippen LogP contribution in [-0.4, -0.2) is 140 Å². The number of nitrogens with one attached hydrogen (secondary N) is 1. The Bertz CT molecular complexity index is 1960. The van der Waals surface area contributed by atoms with Gasteiger partial charge in [-0.2, -0.15) is 0 Å². The van der Waals surface area contributed by atoms with Crippen LogP contribution < -0.4 is 5.32 Å². The predicted octanol–water partition coefficient (Wildman–Crippen LogP) is 19.7. The van der Waals surface area contributed by atoms with Crippen LogP contribution in [0, 0.1) is 0 Å². The summed E-state index contributed by atoms with van der Waals surface area (Å²) in [4.78, 5) is 13.4. The summed E-state index contributed by atoms with van der Waals surface area (Å²) in [6.07, 6.45) is 79.5. The smallest absolute Gasteiger partial charge is 0.220 e. The Morgan fingerprint density at radius 2 is 0.690 bits per heavy atom. The number of ether oxygens (including phenoxy) is 4. The molecule has 0 saturated carbocycles. The van der Waals surface area contributed by atoms with Crippen LogP contribution in [0.4, 0.5) is 0 Å². The van der Waals surface area contributed by atoms with Crippen molar-refractivity contribution in [1.29, 1.82) is 0 Å². The molecular weight excluding hydrogens is 1250 g/mol. The highest BCUT2D eigenvalue weighted by Crippen LogP contribution is 2.31. The summed E-state index contributed by atoms with van der Waals surface area (Å²) in [6.45, 7) is 2.80. The summed E-state index contributed by atoms with van der Waals surface area (Å²) >= 11 is 0. The second-order valence-electron chi connectivity index (χ2n) is 29.6. The van der Waals surface area contributed by atoms with E-state index in [1.807, 2.05) is 0 Å². The number of hydrogen-bond acceptors (Lipinski definition) is 13. The van der Waals surface area contributed by atoms with Gasteiger partial charge in [-0.05, 0) is 64.2 Å². The quantitative estimate of drug-likeness (QED) is 0.0204. The molecule has 14 nitrogen and oxygen atoms in total. The topological polar surface area (TPSA) is 228 Å². The summed E-state index contributed by atoms with van der Waals surface area (Å²) < 4.78 is 23.0. The van der Waals surface area contributed by atoms with E-state index in [1.54, 1.807) is 0 Å². The van der Waals surface area contributed by atoms with Crippen LogP contribution in [-0.2, 0) is 23.7 Å². The van der Waals surface area contributed by atoms with Crippen molar-refractivity contribution < 1.29 is 64.6 Å². The Balaban J connectivity index is 1.59. The SMILES string of the molecule is CC/C=C\C/C=C\C/C=C\C/C=C\C/C=C\C/C=C\CCCCCCCCCCCCCCCCC(=O)NC(COC1OC(CO)C(OC2OC(CO)C(O)C(O)C2O)C(O)C1O)C(O)CCCCCCCCCCCCCCCCCCCCCCCCCCCCCCCCCCC. The fourth-order valence-corrected chi connectivity index (χ4v) is 13.8. The number of aliphatic hydroxyl groups is 8. The Kier molecular flexibility index (Phi) is 65.0. The fourth-order valence-electron chi connectivity index (χ4n) is 13.8. The van der Waals surface area contributed by atoms with Crippen molar-refractivity contribution in [2.45, 2.75) is 447 Å². The van der Waals surface area contributed by atoms with Crippen molar-refractivity contribution in [3.8, 4) is 0 Å². The predicted molar refractivity (Wildman–Crippen MR) is 415 cm³/mol. The first kappa shape index (κ1) is 93.5. The largest absolute Gasteiger partial charge is 0.394 e. The Hall–Kier alpha value is -2.57. The minimum atomic E-state index is -1.79. The molecule has 0 aromatic carbocycles. The van der Waals surface area contributed by atoms with Gasteiger partial charge in [0.25, 0.3) is 0 Å². The van der Waals surface area contributed by atoms with Crippen LogP contribution in [0.15, 0.2) is 72.9 Å². The van der Waals surface area contributed by atoms with E-state index in [0.29, 0.717) is 12.8 Å².